The average Bonchev–Trinajstić information content (AvgIpc) is 2.76. The van der Waals surface area contributed by atoms with Crippen LogP contribution in [0.5, 0.6) is 0 Å². The van der Waals surface area contributed by atoms with Crippen LogP contribution in [0.15, 0.2) is 12.3 Å². The molecule has 0 bridgehead atoms. The van der Waals surface area contributed by atoms with Crippen molar-refractivity contribution in [2.75, 3.05) is 19.6 Å². The largest absolute Gasteiger partial charge is 0.337 e. The van der Waals surface area contributed by atoms with Crippen molar-refractivity contribution >= 4 is 11.6 Å². The van der Waals surface area contributed by atoms with Crippen LogP contribution in [-0.2, 0) is 6.54 Å². The molecule has 1 N–H and O–H groups in total. The highest BCUT2D eigenvalue weighted by Gasteiger charge is 2.30. The van der Waals surface area contributed by atoms with Gasteiger partial charge in [-0.15, -0.1) is 0 Å². The second-order valence-corrected chi connectivity index (χ2v) is 4.53. The summed E-state index contributed by atoms with van der Waals surface area (Å²) in [7, 11) is 0. The molecule has 104 valence electrons. The third-order valence-corrected chi connectivity index (χ3v) is 3.46. The molecule has 1 aromatic rings. The van der Waals surface area contributed by atoms with Crippen molar-refractivity contribution in [2.45, 2.75) is 26.4 Å². The van der Waals surface area contributed by atoms with Crippen LogP contribution in [0.4, 0.5) is 5.69 Å². The Morgan fingerprint density at radius 3 is 2.68 bits per heavy atom. The number of aromatic nitrogens is 1. The summed E-state index contributed by atoms with van der Waals surface area (Å²) in [6.45, 7) is 6.50. The van der Waals surface area contributed by atoms with Gasteiger partial charge in [0.15, 0.2) is 0 Å². The normalized spacial score (nSPS) is 15.1. The smallest absolute Gasteiger partial charge is 0.287 e. The summed E-state index contributed by atoms with van der Waals surface area (Å²) < 4.78 is 1.63. The van der Waals surface area contributed by atoms with Crippen LogP contribution >= 0.6 is 0 Å². The summed E-state index contributed by atoms with van der Waals surface area (Å²) in [6.07, 6.45) is 1.42. The highest BCUT2D eigenvalue weighted by atomic mass is 16.6. The summed E-state index contributed by atoms with van der Waals surface area (Å²) in [6, 6.07) is 1.55. The first kappa shape index (κ1) is 13.5. The van der Waals surface area contributed by atoms with E-state index in [9.17, 15) is 14.9 Å². The van der Waals surface area contributed by atoms with Gasteiger partial charge < -0.3 is 14.8 Å². The minimum atomic E-state index is -0.468. The lowest BCUT2D eigenvalue weighted by atomic mass is 10.1. The Labute approximate surface area is 111 Å². The predicted molar refractivity (Wildman–Crippen MR) is 70.1 cm³/mol. The van der Waals surface area contributed by atoms with Crippen LogP contribution in [0.25, 0.3) is 0 Å². The Balaban J connectivity index is 2.28. The number of carbonyl (C=O) groups is 1. The van der Waals surface area contributed by atoms with E-state index < -0.39 is 4.92 Å². The number of nitrogens with one attached hydrogen (secondary N) is 1. The maximum Gasteiger partial charge on any atom is 0.287 e. The van der Waals surface area contributed by atoms with E-state index in [0.29, 0.717) is 18.8 Å². The van der Waals surface area contributed by atoms with E-state index in [0.717, 1.165) is 13.1 Å². The van der Waals surface area contributed by atoms with Gasteiger partial charge in [-0.3, -0.25) is 14.9 Å². The number of aryl methyl sites for hydroxylation is 1. The van der Waals surface area contributed by atoms with Gasteiger partial charge >= 0.3 is 0 Å². The molecule has 1 amide bonds. The van der Waals surface area contributed by atoms with Crippen LogP contribution in [0.2, 0.25) is 0 Å². The first-order valence-corrected chi connectivity index (χ1v) is 6.44. The molecule has 0 radical (unpaired) electrons. The van der Waals surface area contributed by atoms with Gasteiger partial charge in [0.2, 0.25) is 0 Å². The zero-order valence-electron chi connectivity index (χ0n) is 11.1. The number of hydrogen-bond donors (Lipinski definition) is 1. The van der Waals surface area contributed by atoms with Crippen molar-refractivity contribution in [2.24, 2.45) is 0 Å². The van der Waals surface area contributed by atoms with Gasteiger partial charge in [0.1, 0.15) is 5.69 Å². The average molecular weight is 266 g/mol. The highest BCUT2D eigenvalue weighted by molar-refractivity contribution is 5.94. The van der Waals surface area contributed by atoms with Crippen molar-refractivity contribution in [3.63, 3.8) is 0 Å². The van der Waals surface area contributed by atoms with E-state index in [1.54, 1.807) is 9.47 Å². The van der Waals surface area contributed by atoms with Crippen LogP contribution in [0.1, 0.15) is 24.3 Å². The fourth-order valence-corrected chi connectivity index (χ4v) is 2.24. The van der Waals surface area contributed by atoms with Crippen LogP contribution in [-0.4, -0.2) is 46.0 Å². The van der Waals surface area contributed by atoms with Gasteiger partial charge in [0, 0.05) is 32.2 Å². The van der Waals surface area contributed by atoms with Gasteiger partial charge in [-0.25, -0.2) is 0 Å². The molecule has 2 rings (SSSR count). The van der Waals surface area contributed by atoms with Crippen molar-refractivity contribution in [1.82, 2.24) is 14.8 Å². The lowest BCUT2D eigenvalue weighted by Gasteiger charge is -2.37. The predicted octanol–water partition coefficient (Wildman–Crippen LogP) is 0.850. The third-order valence-electron chi connectivity index (χ3n) is 3.46. The second kappa shape index (κ2) is 5.40. The Kier molecular flexibility index (Phi) is 3.84. The van der Waals surface area contributed by atoms with Crippen LogP contribution < -0.4 is 5.32 Å². The summed E-state index contributed by atoms with van der Waals surface area (Å²) in [5, 5.41) is 13.9. The number of nitrogens with zero attached hydrogens (tertiary/aromatic N) is 3. The van der Waals surface area contributed by atoms with Gasteiger partial charge in [-0.2, -0.15) is 0 Å². The molecule has 1 fully saturated rings. The molecule has 0 unspecified atom stereocenters. The van der Waals surface area contributed by atoms with Crippen LogP contribution in [0, 0.1) is 10.1 Å². The van der Waals surface area contributed by atoms with Gasteiger partial charge in [0.25, 0.3) is 11.6 Å². The van der Waals surface area contributed by atoms with E-state index in [-0.39, 0.29) is 17.6 Å². The van der Waals surface area contributed by atoms with Gasteiger partial charge in [0.05, 0.1) is 17.2 Å². The van der Waals surface area contributed by atoms with Gasteiger partial charge in [-0.05, 0) is 13.8 Å². The molecule has 0 aromatic carbocycles. The Bertz CT molecular complexity index is 493. The molecule has 7 heteroatoms. The first-order valence-electron chi connectivity index (χ1n) is 6.44. The van der Waals surface area contributed by atoms with Crippen molar-refractivity contribution < 1.29 is 9.72 Å². The highest BCUT2D eigenvalue weighted by Crippen LogP contribution is 2.19. The molecule has 1 aliphatic heterocycles. The third kappa shape index (κ3) is 2.46. The van der Waals surface area contributed by atoms with Crippen molar-refractivity contribution in [3.8, 4) is 0 Å². The molecule has 7 nitrogen and oxygen atoms in total. The molecule has 19 heavy (non-hydrogen) atoms. The quantitative estimate of drug-likeness (QED) is 0.633. The van der Waals surface area contributed by atoms with Crippen molar-refractivity contribution in [3.05, 3.63) is 28.1 Å². The van der Waals surface area contributed by atoms with E-state index >= 15 is 0 Å². The molecule has 2 heterocycles. The lowest BCUT2D eigenvalue weighted by molar-refractivity contribution is -0.384. The SMILES string of the molecule is CCN(C(=O)c1cc([N+](=O)[O-])cn1CC)C1CNC1. The standard InChI is InChI=1S/C12H18N4O3/c1-3-14-8-9(16(18)19)5-11(14)12(17)15(4-2)10-6-13-7-10/h5,8,10,13H,3-4,6-7H2,1-2H3. The maximum absolute atomic E-state index is 12.5. The number of likely N-dealkylation sites (N-methyl/N-ethyl adjacent to an activating group) is 1. The van der Waals surface area contributed by atoms with E-state index in [1.165, 1.54) is 12.3 Å². The Hall–Kier alpha value is -1.89. The molecule has 1 saturated heterocycles. The minimum absolute atomic E-state index is 0.0343. The Morgan fingerprint density at radius 2 is 2.26 bits per heavy atom. The van der Waals surface area contributed by atoms with Crippen LogP contribution in [0.3, 0.4) is 0 Å². The van der Waals surface area contributed by atoms with Crippen molar-refractivity contribution in [1.29, 1.82) is 0 Å². The molecule has 0 saturated carbocycles. The summed E-state index contributed by atoms with van der Waals surface area (Å²) in [4.78, 5) is 24.6. The fourth-order valence-electron chi connectivity index (χ4n) is 2.24. The van der Waals surface area contributed by atoms with E-state index in [4.69, 9.17) is 0 Å². The second-order valence-electron chi connectivity index (χ2n) is 4.53. The minimum Gasteiger partial charge on any atom is -0.337 e. The molecule has 0 aliphatic carbocycles. The lowest BCUT2D eigenvalue weighted by Crippen LogP contribution is -2.58. The monoisotopic (exact) mass is 266 g/mol. The molecule has 1 aromatic heterocycles. The zero-order chi connectivity index (χ0) is 14.0. The molecule has 0 spiro atoms. The molecular formula is C12H18N4O3. The molecule has 1 aliphatic rings. The first-order chi connectivity index (χ1) is 9.08. The summed E-state index contributed by atoms with van der Waals surface area (Å²) in [5.41, 5.74) is 0.357. The number of rotatable bonds is 5. The Morgan fingerprint density at radius 1 is 1.58 bits per heavy atom. The molecular weight excluding hydrogens is 248 g/mol. The fraction of sp³-hybridized carbons (Fsp3) is 0.583. The number of carbonyl (C=O) groups excluding carboxylic acids is 1. The summed E-state index contributed by atoms with van der Waals surface area (Å²) in [5.74, 6) is -0.135. The van der Waals surface area contributed by atoms with Gasteiger partial charge in [-0.1, -0.05) is 0 Å². The number of amides is 1. The number of nitro groups is 1. The molecule has 0 atom stereocenters. The summed E-state index contributed by atoms with van der Waals surface area (Å²) >= 11 is 0. The van der Waals surface area contributed by atoms with E-state index in [1.807, 2.05) is 13.8 Å². The maximum atomic E-state index is 12.5. The zero-order valence-corrected chi connectivity index (χ0v) is 11.1. The number of hydrogen-bond acceptors (Lipinski definition) is 4. The van der Waals surface area contributed by atoms with E-state index in [2.05, 4.69) is 5.32 Å². The topological polar surface area (TPSA) is 80.4 Å².